The number of pyridine rings is 2. The number of carbonyl (C=O) groups excluding carboxylic acids is 1. The maximum atomic E-state index is 13.7. The van der Waals surface area contributed by atoms with Gasteiger partial charge in [0.25, 0.3) is 5.91 Å². The number of aryl methyl sites for hydroxylation is 1. The fourth-order valence-electron chi connectivity index (χ4n) is 3.56. The van der Waals surface area contributed by atoms with Crippen LogP contribution in [0.3, 0.4) is 0 Å². The van der Waals surface area contributed by atoms with E-state index in [1.807, 2.05) is 55.5 Å². The van der Waals surface area contributed by atoms with Gasteiger partial charge in [-0.1, -0.05) is 36.4 Å². The van der Waals surface area contributed by atoms with Crippen LogP contribution < -0.4 is 0 Å². The monoisotopic (exact) mass is 399 g/mol. The van der Waals surface area contributed by atoms with E-state index >= 15 is 0 Å². The average molecular weight is 399 g/mol. The molecule has 150 valence electrons. The minimum atomic E-state index is -0.344. The summed E-state index contributed by atoms with van der Waals surface area (Å²) in [7, 11) is 0. The number of benzene rings is 2. The molecule has 1 amide bonds. The molecular weight excluding hydrogens is 377 g/mol. The Morgan fingerprint density at radius 1 is 1.03 bits per heavy atom. The van der Waals surface area contributed by atoms with Crippen LogP contribution in [0.1, 0.15) is 40.3 Å². The van der Waals surface area contributed by atoms with Crippen LogP contribution in [0.25, 0.3) is 10.9 Å². The molecule has 1 atom stereocenters. The van der Waals surface area contributed by atoms with E-state index in [0.29, 0.717) is 23.3 Å². The van der Waals surface area contributed by atoms with Gasteiger partial charge >= 0.3 is 0 Å². The Bertz CT molecular complexity index is 1180. The number of fused-ring (bicyclic) bond motifs is 1. The molecule has 0 saturated heterocycles. The first-order chi connectivity index (χ1) is 14.5. The van der Waals surface area contributed by atoms with Crippen LogP contribution in [-0.4, -0.2) is 20.8 Å². The highest BCUT2D eigenvalue weighted by atomic mass is 19.1. The van der Waals surface area contributed by atoms with Crippen LogP contribution in [0.2, 0.25) is 0 Å². The predicted octanol–water partition coefficient (Wildman–Crippen LogP) is 5.48. The predicted molar refractivity (Wildman–Crippen MR) is 115 cm³/mol. The average Bonchev–Trinajstić information content (AvgIpc) is 2.77. The Hall–Kier alpha value is -3.60. The highest BCUT2D eigenvalue weighted by Gasteiger charge is 2.25. The van der Waals surface area contributed by atoms with Crippen molar-refractivity contribution in [1.82, 2.24) is 14.9 Å². The maximum absolute atomic E-state index is 13.7. The molecule has 0 spiro atoms. The number of amides is 1. The van der Waals surface area contributed by atoms with Crippen LogP contribution in [-0.2, 0) is 6.54 Å². The lowest BCUT2D eigenvalue weighted by molar-refractivity contribution is 0.0669. The van der Waals surface area contributed by atoms with E-state index in [-0.39, 0.29) is 17.8 Å². The van der Waals surface area contributed by atoms with Crippen molar-refractivity contribution in [2.75, 3.05) is 0 Å². The molecule has 4 nitrogen and oxygen atoms in total. The molecule has 0 N–H and O–H groups in total. The number of nitrogens with zero attached hydrogens (tertiary/aromatic N) is 3. The summed E-state index contributed by atoms with van der Waals surface area (Å²) in [6.45, 7) is 4.20. The third-order valence-electron chi connectivity index (χ3n) is 5.24. The van der Waals surface area contributed by atoms with Crippen molar-refractivity contribution in [3.8, 4) is 0 Å². The number of carbonyl (C=O) groups is 1. The molecule has 4 rings (SSSR count). The molecular formula is C25H22FN3O. The van der Waals surface area contributed by atoms with Gasteiger partial charge in [0.05, 0.1) is 28.5 Å². The topological polar surface area (TPSA) is 46.1 Å². The molecule has 0 aliphatic carbocycles. The van der Waals surface area contributed by atoms with Gasteiger partial charge in [0.2, 0.25) is 0 Å². The first-order valence-corrected chi connectivity index (χ1v) is 9.85. The zero-order valence-electron chi connectivity index (χ0n) is 16.9. The fraction of sp³-hybridized carbons (Fsp3) is 0.160. The summed E-state index contributed by atoms with van der Waals surface area (Å²) in [5, 5.41) is 0.732. The Kier molecular flexibility index (Phi) is 5.53. The molecule has 2 aromatic carbocycles. The van der Waals surface area contributed by atoms with Crippen molar-refractivity contribution >= 4 is 16.8 Å². The Labute approximate surface area is 175 Å². The second-order valence-corrected chi connectivity index (χ2v) is 7.31. The van der Waals surface area contributed by atoms with Crippen molar-refractivity contribution in [2.45, 2.75) is 26.4 Å². The summed E-state index contributed by atoms with van der Waals surface area (Å²) in [6, 6.07) is 21.5. The summed E-state index contributed by atoms with van der Waals surface area (Å²) in [5.74, 6) is -0.476. The van der Waals surface area contributed by atoms with E-state index in [0.717, 1.165) is 16.6 Å². The number of hydrogen-bond acceptors (Lipinski definition) is 3. The smallest absolute Gasteiger partial charge is 0.256 e. The number of aromatic nitrogens is 2. The molecule has 1 unspecified atom stereocenters. The quantitative estimate of drug-likeness (QED) is 0.446. The standard InChI is InChI=1S/C25H22FN3O/c1-17-22(14-20-11-12-21(26)15-24(20)28-17)25(30)29(16-19-8-4-3-5-9-19)18(2)23-10-6-7-13-27-23/h3-15,18H,16H2,1-2H3. The first-order valence-electron chi connectivity index (χ1n) is 9.85. The lowest BCUT2D eigenvalue weighted by atomic mass is 10.1. The van der Waals surface area contributed by atoms with E-state index < -0.39 is 0 Å². The van der Waals surface area contributed by atoms with Crippen LogP contribution in [0, 0.1) is 12.7 Å². The van der Waals surface area contributed by atoms with Crippen molar-refractivity contribution in [3.05, 3.63) is 107 Å². The molecule has 0 aliphatic heterocycles. The molecule has 30 heavy (non-hydrogen) atoms. The van der Waals surface area contributed by atoms with E-state index in [9.17, 15) is 9.18 Å². The molecule has 4 aromatic rings. The molecule has 5 heteroatoms. The van der Waals surface area contributed by atoms with Gasteiger partial charge in [-0.25, -0.2) is 4.39 Å². The molecule has 0 radical (unpaired) electrons. The van der Waals surface area contributed by atoms with Gasteiger partial charge in [0, 0.05) is 24.2 Å². The van der Waals surface area contributed by atoms with Crippen LogP contribution in [0.4, 0.5) is 4.39 Å². The van der Waals surface area contributed by atoms with Gasteiger partial charge in [-0.2, -0.15) is 0 Å². The van der Waals surface area contributed by atoms with Gasteiger partial charge in [-0.15, -0.1) is 0 Å². The second kappa shape index (κ2) is 8.41. The molecule has 2 aromatic heterocycles. The SMILES string of the molecule is Cc1nc2cc(F)ccc2cc1C(=O)N(Cc1ccccc1)C(C)c1ccccn1. The Morgan fingerprint density at radius 2 is 1.80 bits per heavy atom. The maximum Gasteiger partial charge on any atom is 0.256 e. The minimum Gasteiger partial charge on any atom is -0.326 e. The molecule has 0 bridgehead atoms. The van der Waals surface area contributed by atoms with Gasteiger partial charge in [0.1, 0.15) is 5.82 Å². The highest BCUT2D eigenvalue weighted by Crippen LogP contribution is 2.26. The lowest BCUT2D eigenvalue weighted by Crippen LogP contribution is -2.34. The van der Waals surface area contributed by atoms with Gasteiger partial charge in [-0.3, -0.25) is 14.8 Å². The minimum absolute atomic E-state index is 0.131. The second-order valence-electron chi connectivity index (χ2n) is 7.31. The van der Waals surface area contributed by atoms with Crippen LogP contribution in [0.15, 0.2) is 79.0 Å². The van der Waals surface area contributed by atoms with E-state index in [2.05, 4.69) is 9.97 Å². The molecule has 0 saturated carbocycles. The summed E-state index contributed by atoms with van der Waals surface area (Å²) in [5.41, 5.74) is 3.46. The third kappa shape index (κ3) is 4.06. The van der Waals surface area contributed by atoms with Crippen molar-refractivity contribution in [3.63, 3.8) is 0 Å². The zero-order valence-corrected chi connectivity index (χ0v) is 16.9. The number of rotatable bonds is 5. The summed E-state index contributed by atoms with van der Waals surface area (Å²) in [4.78, 5) is 24.4. The van der Waals surface area contributed by atoms with Crippen molar-refractivity contribution in [2.24, 2.45) is 0 Å². The van der Waals surface area contributed by atoms with Gasteiger partial charge in [0.15, 0.2) is 0 Å². The molecule has 2 heterocycles. The lowest BCUT2D eigenvalue weighted by Gasteiger charge is -2.29. The van der Waals surface area contributed by atoms with Crippen LogP contribution >= 0.6 is 0 Å². The van der Waals surface area contributed by atoms with Crippen LogP contribution in [0.5, 0.6) is 0 Å². The molecule has 0 aliphatic rings. The van der Waals surface area contributed by atoms with Gasteiger partial charge in [-0.05, 0) is 49.7 Å². The summed E-state index contributed by atoms with van der Waals surface area (Å²) >= 11 is 0. The van der Waals surface area contributed by atoms with E-state index in [1.54, 1.807) is 30.2 Å². The Morgan fingerprint density at radius 3 is 2.53 bits per heavy atom. The number of halogens is 1. The van der Waals surface area contributed by atoms with E-state index in [1.165, 1.54) is 12.1 Å². The summed E-state index contributed by atoms with van der Waals surface area (Å²) < 4.78 is 13.6. The van der Waals surface area contributed by atoms with Crippen molar-refractivity contribution < 1.29 is 9.18 Å². The zero-order chi connectivity index (χ0) is 21.1. The van der Waals surface area contributed by atoms with E-state index in [4.69, 9.17) is 0 Å². The normalized spacial score (nSPS) is 12.0. The summed E-state index contributed by atoms with van der Waals surface area (Å²) in [6.07, 6.45) is 1.73. The molecule has 0 fully saturated rings. The largest absolute Gasteiger partial charge is 0.326 e. The first kappa shape index (κ1) is 19.7. The number of hydrogen-bond donors (Lipinski definition) is 0. The highest BCUT2D eigenvalue weighted by molar-refractivity contribution is 5.98. The fourth-order valence-corrected chi connectivity index (χ4v) is 3.56. The van der Waals surface area contributed by atoms with Crippen molar-refractivity contribution in [1.29, 1.82) is 0 Å². The Balaban J connectivity index is 1.76. The third-order valence-corrected chi connectivity index (χ3v) is 5.24. The van der Waals surface area contributed by atoms with Gasteiger partial charge < -0.3 is 4.90 Å².